The molecule has 0 fully saturated rings. The molecule has 0 aliphatic heterocycles. The van der Waals surface area contributed by atoms with Crippen LogP contribution in [0.25, 0.3) is 0 Å². The lowest BCUT2D eigenvalue weighted by molar-refractivity contribution is 0.0525. The molecule has 132 valence electrons. The normalized spacial score (nSPS) is 10.2. The molecule has 8 heteroatoms. The molecular formula is C17H17Cl2N3O3. The Hall–Kier alpha value is -2.31. The number of rotatable bonds is 7. The highest BCUT2D eigenvalue weighted by Gasteiger charge is 2.08. The van der Waals surface area contributed by atoms with Crippen molar-refractivity contribution in [2.24, 2.45) is 0 Å². The van der Waals surface area contributed by atoms with Gasteiger partial charge in [0.25, 0.3) is 5.91 Å². The topological polar surface area (TPSA) is 80.3 Å². The molecule has 0 saturated carbocycles. The van der Waals surface area contributed by atoms with Crippen LogP contribution in [-0.2, 0) is 4.74 Å². The van der Waals surface area contributed by atoms with E-state index in [1.807, 2.05) is 0 Å². The predicted molar refractivity (Wildman–Crippen MR) is 97.5 cm³/mol. The second-order valence-electron chi connectivity index (χ2n) is 4.96. The zero-order chi connectivity index (χ0) is 18.2. The fourth-order valence-electron chi connectivity index (χ4n) is 1.94. The van der Waals surface area contributed by atoms with Gasteiger partial charge in [0.05, 0.1) is 22.2 Å². The van der Waals surface area contributed by atoms with E-state index < -0.39 is 5.97 Å². The van der Waals surface area contributed by atoms with E-state index in [1.54, 1.807) is 31.2 Å². The fourth-order valence-corrected chi connectivity index (χ4v) is 2.24. The summed E-state index contributed by atoms with van der Waals surface area (Å²) in [4.78, 5) is 27.6. The zero-order valence-corrected chi connectivity index (χ0v) is 15.0. The van der Waals surface area contributed by atoms with E-state index >= 15 is 0 Å². The van der Waals surface area contributed by atoms with Crippen molar-refractivity contribution in [2.45, 2.75) is 6.92 Å². The molecule has 25 heavy (non-hydrogen) atoms. The standard InChI is InChI=1S/C17H17Cl2N3O3/c1-2-25-17(24)12-4-6-15(22-10-12)20-7-8-21-16(23)11-3-5-13(18)14(19)9-11/h3-6,9-10H,2,7-8H2,1H3,(H,20,22)(H,21,23). The Morgan fingerprint density at radius 2 is 1.84 bits per heavy atom. The summed E-state index contributed by atoms with van der Waals surface area (Å²) >= 11 is 11.7. The number of esters is 1. The number of benzene rings is 1. The molecule has 2 rings (SSSR count). The third-order valence-electron chi connectivity index (χ3n) is 3.17. The molecule has 0 saturated heterocycles. The molecule has 1 aromatic heterocycles. The van der Waals surface area contributed by atoms with Crippen LogP contribution in [0.15, 0.2) is 36.5 Å². The molecule has 0 aliphatic rings. The van der Waals surface area contributed by atoms with E-state index in [-0.39, 0.29) is 5.91 Å². The lowest BCUT2D eigenvalue weighted by atomic mass is 10.2. The molecule has 0 bridgehead atoms. The first-order valence-corrected chi connectivity index (χ1v) is 8.37. The van der Waals surface area contributed by atoms with E-state index in [2.05, 4.69) is 15.6 Å². The Kier molecular flexibility index (Phi) is 7.03. The lowest BCUT2D eigenvalue weighted by Crippen LogP contribution is -2.28. The molecule has 0 aliphatic carbocycles. The van der Waals surface area contributed by atoms with Crippen LogP contribution >= 0.6 is 23.2 Å². The summed E-state index contributed by atoms with van der Waals surface area (Å²) in [5.41, 5.74) is 0.826. The van der Waals surface area contributed by atoms with Gasteiger partial charge in [-0.1, -0.05) is 23.2 Å². The molecule has 0 spiro atoms. The summed E-state index contributed by atoms with van der Waals surface area (Å²) in [5.74, 6) is -0.0572. The highest BCUT2D eigenvalue weighted by atomic mass is 35.5. The highest BCUT2D eigenvalue weighted by Crippen LogP contribution is 2.22. The van der Waals surface area contributed by atoms with Gasteiger partial charge < -0.3 is 15.4 Å². The number of aromatic nitrogens is 1. The summed E-state index contributed by atoms with van der Waals surface area (Å²) in [6, 6.07) is 8.00. The van der Waals surface area contributed by atoms with E-state index in [1.165, 1.54) is 12.3 Å². The SMILES string of the molecule is CCOC(=O)c1ccc(NCCNC(=O)c2ccc(Cl)c(Cl)c2)nc1. The monoisotopic (exact) mass is 381 g/mol. The Balaban J connectivity index is 1.78. The summed E-state index contributed by atoms with van der Waals surface area (Å²) in [7, 11) is 0. The Morgan fingerprint density at radius 1 is 1.08 bits per heavy atom. The van der Waals surface area contributed by atoms with Crippen LogP contribution in [0, 0.1) is 0 Å². The molecular weight excluding hydrogens is 365 g/mol. The van der Waals surface area contributed by atoms with Crippen LogP contribution in [0.1, 0.15) is 27.6 Å². The van der Waals surface area contributed by atoms with Crippen molar-refractivity contribution < 1.29 is 14.3 Å². The maximum atomic E-state index is 12.0. The minimum absolute atomic E-state index is 0.244. The van der Waals surface area contributed by atoms with Crippen LogP contribution in [-0.4, -0.2) is 36.6 Å². The van der Waals surface area contributed by atoms with Gasteiger partial charge in [-0.15, -0.1) is 0 Å². The lowest BCUT2D eigenvalue weighted by Gasteiger charge is -2.08. The van der Waals surface area contributed by atoms with Gasteiger partial charge in [0.15, 0.2) is 0 Å². The van der Waals surface area contributed by atoms with Crippen molar-refractivity contribution in [3.63, 3.8) is 0 Å². The quantitative estimate of drug-likeness (QED) is 0.567. The Morgan fingerprint density at radius 3 is 2.48 bits per heavy atom. The third-order valence-corrected chi connectivity index (χ3v) is 3.91. The zero-order valence-electron chi connectivity index (χ0n) is 13.5. The van der Waals surface area contributed by atoms with Crippen LogP contribution in [0.4, 0.5) is 5.82 Å². The first kappa shape index (κ1) is 19.0. The number of halogens is 2. The predicted octanol–water partition coefficient (Wildman–Crippen LogP) is 3.41. The first-order valence-electron chi connectivity index (χ1n) is 7.61. The number of amides is 1. The summed E-state index contributed by atoms with van der Waals surface area (Å²) in [6.07, 6.45) is 1.44. The molecule has 1 heterocycles. The number of carbonyl (C=O) groups is 2. The first-order chi connectivity index (χ1) is 12.0. The molecule has 2 aromatic rings. The van der Waals surface area contributed by atoms with Gasteiger partial charge in [0.1, 0.15) is 5.82 Å². The van der Waals surface area contributed by atoms with Gasteiger partial charge >= 0.3 is 5.97 Å². The Bertz CT molecular complexity index is 751. The second-order valence-corrected chi connectivity index (χ2v) is 5.78. The molecule has 0 unspecified atom stereocenters. The van der Waals surface area contributed by atoms with Crippen molar-refractivity contribution in [1.29, 1.82) is 0 Å². The average Bonchev–Trinajstić information content (AvgIpc) is 2.61. The van der Waals surface area contributed by atoms with Crippen LogP contribution in [0.2, 0.25) is 10.0 Å². The van der Waals surface area contributed by atoms with Crippen LogP contribution in [0.5, 0.6) is 0 Å². The minimum Gasteiger partial charge on any atom is -0.462 e. The van der Waals surface area contributed by atoms with Gasteiger partial charge in [-0.25, -0.2) is 9.78 Å². The minimum atomic E-state index is -0.407. The van der Waals surface area contributed by atoms with Crippen LogP contribution < -0.4 is 10.6 Å². The maximum absolute atomic E-state index is 12.0. The molecule has 2 N–H and O–H groups in total. The largest absolute Gasteiger partial charge is 0.462 e. The highest BCUT2D eigenvalue weighted by molar-refractivity contribution is 6.42. The van der Waals surface area contributed by atoms with Crippen molar-refractivity contribution in [1.82, 2.24) is 10.3 Å². The molecule has 1 amide bonds. The van der Waals surface area contributed by atoms with Crippen molar-refractivity contribution >= 4 is 40.9 Å². The summed E-state index contributed by atoms with van der Waals surface area (Å²) < 4.78 is 4.89. The smallest absolute Gasteiger partial charge is 0.339 e. The van der Waals surface area contributed by atoms with Gasteiger partial charge in [0.2, 0.25) is 0 Å². The van der Waals surface area contributed by atoms with Gasteiger partial charge in [0, 0.05) is 24.8 Å². The Labute approximate surface area is 155 Å². The third kappa shape index (κ3) is 5.62. The number of nitrogens with zero attached hydrogens (tertiary/aromatic N) is 1. The van der Waals surface area contributed by atoms with Gasteiger partial charge in [-0.3, -0.25) is 4.79 Å². The molecule has 6 nitrogen and oxygen atoms in total. The van der Waals surface area contributed by atoms with Gasteiger partial charge in [-0.05, 0) is 37.3 Å². The fraction of sp³-hybridized carbons (Fsp3) is 0.235. The van der Waals surface area contributed by atoms with E-state index in [4.69, 9.17) is 27.9 Å². The number of anilines is 1. The number of ether oxygens (including phenoxy) is 1. The summed E-state index contributed by atoms with van der Waals surface area (Å²) in [6.45, 7) is 2.92. The molecule has 1 aromatic carbocycles. The summed E-state index contributed by atoms with van der Waals surface area (Å²) in [5, 5.41) is 6.53. The van der Waals surface area contributed by atoms with Crippen molar-refractivity contribution in [3.8, 4) is 0 Å². The average molecular weight is 382 g/mol. The molecule has 0 atom stereocenters. The van der Waals surface area contributed by atoms with Crippen molar-refractivity contribution in [2.75, 3.05) is 25.0 Å². The number of hydrogen-bond donors (Lipinski definition) is 2. The van der Waals surface area contributed by atoms with Gasteiger partial charge in [-0.2, -0.15) is 0 Å². The maximum Gasteiger partial charge on any atom is 0.339 e. The van der Waals surface area contributed by atoms with Crippen LogP contribution in [0.3, 0.4) is 0 Å². The van der Waals surface area contributed by atoms with E-state index in [0.29, 0.717) is 46.7 Å². The molecule has 0 radical (unpaired) electrons. The number of hydrogen-bond acceptors (Lipinski definition) is 5. The van der Waals surface area contributed by atoms with Crippen molar-refractivity contribution in [3.05, 3.63) is 57.7 Å². The number of nitrogens with one attached hydrogen (secondary N) is 2. The number of carbonyl (C=O) groups excluding carboxylic acids is 2. The number of pyridine rings is 1. The van der Waals surface area contributed by atoms with E-state index in [0.717, 1.165) is 0 Å². The van der Waals surface area contributed by atoms with E-state index in [9.17, 15) is 9.59 Å². The second kappa shape index (κ2) is 9.25.